The fraction of sp³-hybridized carbons (Fsp3) is 1.00. The first-order valence-electron chi connectivity index (χ1n) is 5.27. The quantitative estimate of drug-likeness (QED) is 0.528. The monoisotopic (exact) mass is 156 g/mol. The highest BCUT2D eigenvalue weighted by Gasteiger charge is 1.95. The van der Waals surface area contributed by atoms with Gasteiger partial charge >= 0.3 is 0 Å². The lowest BCUT2D eigenvalue weighted by atomic mass is 10.0. The minimum atomic E-state index is 0.884. The topological polar surface area (TPSA) is 0 Å². The van der Waals surface area contributed by atoms with Gasteiger partial charge in [0.1, 0.15) is 0 Å². The third kappa shape index (κ3) is 10.0. The van der Waals surface area contributed by atoms with E-state index in [2.05, 4.69) is 20.8 Å². The molecule has 0 saturated heterocycles. The molecule has 0 spiro atoms. The summed E-state index contributed by atoms with van der Waals surface area (Å²) in [5, 5.41) is 0. The maximum absolute atomic E-state index is 2.22. The summed E-state index contributed by atoms with van der Waals surface area (Å²) < 4.78 is 0. The number of hydrogen-bond donors (Lipinski definition) is 0. The van der Waals surface area contributed by atoms with Crippen LogP contribution in [-0.4, -0.2) is 0 Å². The van der Waals surface area contributed by atoms with Crippen molar-refractivity contribution in [3.63, 3.8) is 0 Å². The Kier molecular flexibility index (Phi) is 8.10. The van der Waals surface area contributed by atoms with E-state index in [4.69, 9.17) is 0 Å². The Labute approximate surface area is 72.4 Å². The summed E-state index contributed by atoms with van der Waals surface area (Å²) >= 11 is 0. The Morgan fingerprint density at radius 1 is 0.818 bits per heavy atom. The molecule has 0 aromatic heterocycles. The first-order chi connectivity index (χ1) is 5.27. The first kappa shape index (κ1) is 11.0. The van der Waals surface area contributed by atoms with E-state index in [1.165, 1.54) is 44.9 Å². The Morgan fingerprint density at radius 2 is 1.00 bits per heavy atom. The van der Waals surface area contributed by atoms with Crippen molar-refractivity contribution in [1.82, 2.24) is 0 Å². The molecule has 0 atom stereocenters. The Balaban J connectivity index is 0.000000187. The molecule has 1 aliphatic carbocycles. The van der Waals surface area contributed by atoms with Gasteiger partial charge in [0, 0.05) is 0 Å². The summed E-state index contributed by atoms with van der Waals surface area (Å²) in [6.45, 7) is 6.64. The predicted octanol–water partition coefficient (Wildman–Crippen LogP) is 4.39. The second-order valence-corrected chi connectivity index (χ2v) is 3.92. The fourth-order valence-electron chi connectivity index (χ4n) is 1.06. The molecule has 0 amide bonds. The van der Waals surface area contributed by atoms with Gasteiger partial charge in [-0.05, 0) is 5.92 Å². The van der Waals surface area contributed by atoms with Crippen LogP contribution < -0.4 is 0 Å². The van der Waals surface area contributed by atoms with Gasteiger partial charge in [-0.1, -0.05) is 65.7 Å². The van der Waals surface area contributed by atoms with E-state index in [1.54, 1.807) is 0 Å². The van der Waals surface area contributed by atoms with Crippen LogP contribution in [0.1, 0.15) is 65.7 Å². The molecular weight excluding hydrogens is 132 g/mol. The van der Waals surface area contributed by atoms with Gasteiger partial charge in [-0.25, -0.2) is 0 Å². The van der Waals surface area contributed by atoms with Crippen LogP contribution in [0.5, 0.6) is 0 Å². The third-order valence-electron chi connectivity index (χ3n) is 2.32. The zero-order valence-electron chi connectivity index (χ0n) is 8.53. The lowest BCUT2D eigenvalue weighted by Crippen LogP contribution is -1.85. The van der Waals surface area contributed by atoms with Crippen LogP contribution in [0.4, 0.5) is 0 Å². The highest BCUT2D eigenvalue weighted by molar-refractivity contribution is 4.51. The maximum atomic E-state index is 2.22. The third-order valence-corrected chi connectivity index (χ3v) is 2.32. The molecule has 0 N–H and O–H groups in total. The van der Waals surface area contributed by atoms with E-state index in [0.29, 0.717) is 0 Å². The molecule has 0 aromatic carbocycles. The zero-order valence-corrected chi connectivity index (χ0v) is 8.53. The van der Waals surface area contributed by atoms with Crippen LogP contribution in [0.3, 0.4) is 0 Å². The highest BCUT2D eigenvalue weighted by atomic mass is 14.0. The second-order valence-electron chi connectivity index (χ2n) is 3.92. The Morgan fingerprint density at radius 3 is 1.09 bits per heavy atom. The largest absolute Gasteiger partial charge is 0.0651 e. The SMILES string of the molecule is C1CCCCC1.CCC(C)C. The normalized spacial score (nSPS) is 17.5. The van der Waals surface area contributed by atoms with Gasteiger partial charge in [-0.3, -0.25) is 0 Å². The van der Waals surface area contributed by atoms with Crippen molar-refractivity contribution in [2.75, 3.05) is 0 Å². The lowest BCUT2D eigenvalue weighted by molar-refractivity contribution is 0.504. The average Bonchev–Trinajstić information content (AvgIpc) is 2.09. The molecule has 11 heavy (non-hydrogen) atoms. The van der Waals surface area contributed by atoms with Crippen molar-refractivity contribution in [2.24, 2.45) is 5.92 Å². The molecule has 68 valence electrons. The minimum Gasteiger partial charge on any atom is -0.0651 e. The molecule has 0 aliphatic heterocycles. The molecular formula is C11H24. The predicted molar refractivity (Wildman–Crippen MR) is 52.8 cm³/mol. The van der Waals surface area contributed by atoms with Gasteiger partial charge in [0.05, 0.1) is 0 Å². The number of rotatable bonds is 1. The van der Waals surface area contributed by atoms with E-state index >= 15 is 0 Å². The summed E-state index contributed by atoms with van der Waals surface area (Å²) in [6, 6.07) is 0. The smallest absolute Gasteiger partial charge is 0.0474 e. The molecule has 0 aromatic rings. The summed E-state index contributed by atoms with van der Waals surface area (Å²) in [7, 11) is 0. The Bertz CT molecular complexity index is 48.9. The van der Waals surface area contributed by atoms with Crippen LogP contribution in [0.15, 0.2) is 0 Å². The van der Waals surface area contributed by atoms with Crippen LogP contribution in [0.25, 0.3) is 0 Å². The fourth-order valence-corrected chi connectivity index (χ4v) is 1.06. The van der Waals surface area contributed by atoms with Gasteiger partial charge < -0.3 is 0 Å². The van der Waals surface area contributed by atoms with Crippen LogP contribution in [0, 0.1) is 5.92 Å². The van der Waals surface area contributed by atoms with Crippen molar-refractivity contribution in [2.45, 2.75) is 65.7 Å². The molecule has 0 heterocycles. The standard InChI is InChI=1S/C6H12.C5H12/c1-2-4-6-5-3-1;1-4-5(2)3/h1-6H2;5H,4H2,1-3H3. The zero-order chi connectivity index (χ0) is 8.53. The van der Waals surface area contributed by atoms with Crippen molar-refractivity contribution in [3.8, 4) is 0 Å². The van der Waals surface area contributed by atoms with E-state index < -0.39 is 0 Å². The molecule has 1 saturated carbocycles. The van der Waals surface area contributed by atoms with Crippen LogP contribution in [-0.2, 0) is 0 Å². The van der Waals surface area contributed by atoms with E-state index in [1.807, 2.05) is 0 Å². The molecule has 0 nitrogen and oxygen atoms in total. The van der Waals surface area contributed by atoms with Gasteiger partial charge in [-0.2, -0.15) is 0 Å². The first-order valence-corrected chi connectivity index (χ1v) is 5.27. The molecule has 0 bridgehead atoms. The van der Waals surface area contributed by atoms with Crippen LogP contribution >= 0.6 is 0 Å². The van der Waals surface area contributed by atoms with Crippen molar-refractivity contribution in [1.29, 1.82) is 0 Å². The maximum Gasteiger partial charge on any atom is -0.0474 e. The summed E-state index contributed by atoms with van der Waals surface area (Å²) in [5.74, 6) is 0.884. The van der Waals surface area contributed by atoms with Gasteiger partial charge in [0.2, 0.25) is 0 Å². The lowest BCUT2D eigenvalue weighted by Gasteiger charge is -2.05. The van der Waals surface area contributed by atoms with Gasteiger partial charge in [0.15, 0.2) is 0 Å². The molecule has 1 rings (SSSR count). The van der Waals surface area contributed by atoms with Gasteiger partial charge in [-0.15, -0.1) is 0 Å². The van der Waals surface area contributed by atoms with Crippen molar-refractivity contribution in [3.05, 3.63) is 0 Å². The molecule has 1 fully saturated rings. The molecule has 0 heteroatoms. The number of hydrogen-bond acceptors (Lipinski definition) is 0. The average molecular weight is 156 g/mol. The molecule has 1 aliphatic rings. The summed E-state index contributed by atoms with van der Waals surface area (Å²) in [4.78, 5) is 0. The minimum absolute atomic E-state index is 0.884. The van der Waals surface area contributed by atoms with E-state index in [0.717, 1.165) is 5.92 Å². The molecule has 0 unspecified atom stereocenters. The summed E-state index contributed by atoms with van der Waals surface area (Å²) in [6.07, 6.45) is 10.3. The van der Waals surface area contributed by atoms with Crippen molar-refractivity contribution >= 4 is 0 Å². The molecule has 0 radical (unpaired) electrons. The van der Waals surface area contributed by atoms with Crippen molar-refractivity contribution < 1.29 is 0 Å². The highest BCUT2D eigenvalue weighted by Crippen LogP contribution is 2.15. The van der Waals surface area contributed by atoms with E-state index in [-0.39, 0.29) is 0 Å². The second kappa shape index (κ2) is 8.10. The summed E-state index contributed by atoms with van der Waals surface area (Å²) in [5.41, 5.74) is 0. The van der Waals surface area contributed by atoms with Gasteiger partial charge in [0.25, 0.3) is 0 Å². The van der Waals surface area contributed by atoms with Crippen LogP contribution in [0.2, 0.25) is 0 Å². The van der Waals surface area contributed by atoms with E-state index in [9.17, 15) is 0 Å². The Hall–Kier alpha value is 0.